The third-order valence-electron chi connectivity index (χ3n) is 5.25. The second-order valence-electron chi connectivity index (χ2n) is 8.36. The molecule has 0 fully saturated rings. The Hall–Kier alpha value is -2.96. The first kappa shape index (κ1) is 21.7. The van der Waals surface area contributed by atoms with Crippen molar-refractivity contribution in [2.45, 2.75) is 45.8 Å². The first-order valence-electron chi connectivity index (χ1n) is 10.0. The molecule has 30 heavy (non-hydrogen) atoms. The lowest BCUT2D eigenvalue weighted by molar-refractivity contribution is 0.0696. The largest absolute Gasteiger partial charge is 0.478 e. The van der Waals surface area contributed by atoms with Crippen molar-refractivity contribution < 1.29 is 15.0 Å². The maximum Gasteiger partial charge on any atom is 0.335 e. The van der Waals surface area contributed by atoms with Gasteiger partial charge >= 0.3 is 5.97 Å². The zero-order chi connectivity index (χ0) is 21.9. The van der Waals surface area contributed by atoms with Gasteiger partial charge < -0.3 is 20.1 Å². The summed E-state index contributed by atoms with van der Waals surface area (Å²) in [6, 6.07) is 14.9. The molecule has 0 spiro atoms. The fourth-order valence-corrected chi connectivity index (χ4v) is 3.63. The average molecular weight is 408 g/mol. The van der Waals surface area contributed by atoms with Crippen LogP contribution in [0.4, 0.5) is 0 Å². The summed E-state index contributed by atoms with van der Waals surface area (Å²) in [5.41, 5.74) is 3.88. The number of aryl methyl sites for hydroxylation is 2. The van der Waals surface area contributed by atoms with E-state index in [0.717, 1.165) is 28.3 Å². The van der Waals surface area contributed by atoms with Gasteiger partial charge in [0.2, 0.25) is 0 Å². The third kappa shape index (κ3) is 5.14. The number of rotatable bonds is 8. The number of hydrogen-bond acceptors (Lipinski definition) is 4. The minimum atomic E-state index is -0.931. The molecule has 6 heteroatoms. The lowest BCUT2D eigenvalue weighted by Gasteiger charge is -2.28. The molecule has 0 amide bonds. The zero-order valence-corrected chi connectivity index (χ0v) is 17.9. The van der Waals surface area contributed by atoms with Gasteiger partial charge in [0.15, 0.2) is 0 Å². The van der Waals surface area contributed by atoms with Gasteiger partial charge in [0.1, 0.15) is 5.82 Å². The highest BCUT2D eigenvalue weighted by atomic mass is 16.4. The monoisotopic (exact) mass is 407 g/mol. The molecule has 3 aromatic rings. The summed E-state index contributed by atoms with van der Waals surface area (Å²) in [4.78, 5) is 15.7. The molecule has 1 aromatic carbocycles. The van der Waals surface area contributed by atoms with Gasteiger partial charge in [-0.25, -0.2) is 9.78 Å². The Balaban J connectivity index is 1.62. The molecule has 3 N–H and O–H groups in total. The standard InChI is InChI=1S/C24H29N3O3/c1-16-8-9-17(2)27(16)22-11-10-20(14-25-22)21(28)15-26-24(3,4)13-18-6-5-7-19(12-18)23(29)30/h5-12,14,21,26,28H,13,15H2,1-4H3,(H,29,30). The maximum absolute atomic E-state index is 11.2. The Kier molecular flexibility index (Phi) is 6.39. The maximum atomic E-state index is 11.2. The second kappa shape index (κ2) is 8.81. The van der Waals surface area contributed by atoms with E-state index < -0.39 is 12.1 Å². The molecular formula is C24H29N3O3. The second-order valence-corrected chi connectivity index (χ2v) is 8.36. The molecule has 0 aliphatic heterocycles. The van der Waals surface area contributed by atoms with E-state index in [9.17, 15) is 9.90 Å². The molecule has 2 heterocycles. The first-order chi connectivity index (χ1) is 14.2. The summed E-state index contributed by atoms with van der Waals surface area (Å²) < 4.78 is 2.07. The van der Waals surface area contributed by atoms with Gasteiger partial charge in [-0.3, -0.25) is 0 Å². The Bertz CT molecular complexity index is 1000. The molecule has 1 atom stereocenters. The predicted molar refractivity (Wildman–Crippen MR) is 117 cm³/mol. The fraction of sp³-hybridized carbons (Fsp3) is 0.333. The van der Waals surface area contributed by atoms with Crippen LogP contribution in [0.25, 0.3) is 5.82 Å². The van der Waals surface area contributed by atoms with Crippen molar-refractivity contribution in [1.29, 1.82) is 0 Å². The summed E-state index contributed by atoms with van der Waals surface area (Å²) in [6.45, 7) is 8.51. The van der Waals surface area contributed by atoms with Crippen molar-refractivity contribution in [3.8, 4) is 5.82 Å². The highest BCUT2D eigenvalue weighted by molar-refractivity contribution is 5.87. The molecule has 0 bridgehead atoms. The number of benzene rings is 1. The Labute approximate surface area is 177 Å². The number of carboxylic acids is 1. The minimum absolute atomic E-state index is 0.280. The number of aliphatic hydroxyl groups excluding tert-OH is 1. The van der Waals surface area contributed by atoms with E-state index in [2.05, 4.69) is 27.0 Å². The predicted octanol–water partition coefficient (Wildman–Crippen LogP) is 3.83. The van der Waals surface area contributed by atoms with Crippen LogP contribution in [0.3, 0.4) is 0 Å². The summed E-state index contributed by atoms with van der Waals surface area (Å²) in [5.74, 6) is -0.100. The van der Waals surface area contributed by atoms with Crippen LogP contribution in [0.2, 0.25) is 0 Å². The van der Waals surface area contributed by atoms with Crippen LogP contribution in [0.1, 0.15) is 52.8 Å². The summed E-state index contributed by atoms with van der Waals surface area (Å²) in [5, 5.41) is 23.2. The highest BCUT2D eigenvalue weighted by Crippen LogP contribution is 2.19. The number of aliphatic hydroxyl groups is 1. The van der Waals surface area contributed by atoms with Crippen LogP contribution < -0.4 is 5.32 Å². The molecule has 0 radical (unpaired) electrons. The molecular weight excluding hydrogens is 378 g/mol. The topological polar surface area (TPSA) is 87.4 Å². The highest BCUT2D eigenvalue weighted by Gasteiger charge is 2.20. The number of aromatic nitrogens is 2. The van der Waals surface area contributed by atoms with E-state index in [1.165, 1.54) is 0 Å². The van der Waals surface area contributed by atoms with Crippen molar-refractivity contribution in [2.75, 3.05) is 6.54 Å². The lowest BCUT2D eigenvalue weighted by Crippen LogP contribution is -2.43. The number of nitrogens with one attached hydrogen (secondary N) is 1. The van der Waals surface area contributed by atoms with Gasteiger partial charge in [-0.15, -0.1) is 0 Å². The molecule has 0 aliphatic carbocycles. The first-order valence-corrected chi connectivity index (χ1v) is 10.0. The summed E-state index contributed by atoms with van der Waals surface area (Å²) >= 11 is 0. The zero-order valence-electron chi connectivity index (χ0n) is 17.9. The van der Waals surface area contributed by atoms with E-state index in [1.807, 2.05) is 45.9 Å². The molecule has 0 saturated carbocycles. The number of nitrogens with zero attached hydrogens (tertiary/aromatic N) is 2. The van der Waals surface area contributed by atoms with Crippen LogP contribution >= 0.6 is 0 Å². The van der Waals surface area contributed by atoms with E-state index in [1.54, 1.807) is 24.4 Å². The normalized spacial score (nSPS) is 12.7. The van der Waals surface area contributed by atoms with E-state index in [0.29, 0.717) is 13.0 Å². The van der Waals surface area contributed by atoms with E-state index in [-0.39, 0.29) is 11.1 Å². The Morgan fingerprint density at radius 3 is 2.43 bits per heavy atom. The van der Waals surface area contributed by atoms with E-state index in [4.69, 9.17) is 5.11 Å². The summed E-state index contributed by atoms with van der Waals surface area (Å²) in [7, 11) is 0. The van der Waals surface area contributed by atoms with Crippen molar-refractivity contribution >= 4 is 5.97 Å². The van der Waals surface area contributed by atoms with Crippen molar-refractivity contribution in [3.63, 3.8) is 0 Å². The van der Waals surface area contributed by atoms with Crippen LogP contribution in [0.15, 0.2) is 54.7 Å². The summed E-state index contributed by atoms with van der Waals surface area (Å²) in [6.07, 6.45) is 1.66. The van der Waals surface area contributed by atoms with Crippen LogP contribution in [-0.2, 0) is 6.42 Å². The number of carboxylic acid groups (broad SMARTS) is 1. The van der Waals surface area contributed by atoms with Crippen LogP contribution in [-0.4, -0.2) is 37.8 Å². The van der Waals surface area contributed by atoms with Crippen molar-refractivity contribution in [2.24, 2.45) is 0 Å². The van der Waals surface area contributed by atoms with Gasteiger partial charge in [0, 0.05) is 35.2 Å². The molecule has 2 aromatic heterocycles. The van der Waals surface area contributed by atoms with Crippen LogP contribution in [0, 0.1) is 13.8 Å². The third-order valence-corrected chi connectivity index (χ3v) is 5.25. The fourth-order valence-electron chi connectivity index (χ4n) is 3.63. The quantitative estimate of drug-likeness (QED) is 0.528. The van der Waals surface area contributed by atoms with Gasteiger partial charge in [-0.1, -0.05) is 18.2 Å². The Morgan fingerprint density at radius 1 is 1.13 bits per heavy atom. The molecule has 158 valence electrons. The number of hydrogen-bond donors (Lipinski definition) is 3. The molecule has 0 saturated heterocycles. The SMILES string of the molecule is Cc1ccc(C)n1-c1ccc(C(O)CNC(C)(C)Cc2cccc(C(=O)O)c2)cn1. The Morgan fingerprint density at radius 2 is 1.83 bits per heavy atom. The lowest BCUT2D eigenvalue weighted by atomic mass is 9.93. The van der Waals surface area contributed by atoms with E-state index >= 15 is 0 Å². The van der Waals surface area contributed by atoms with Crippen LogP contribution in [0.5, 0.6) is 0 Å². The van der Waals surface area contributed by atoms with Gasteiger partial charge in [-0.2, -0.15) is 0 Å². The van der Waals surface area contributed by atoms with Crippen molar-refractivity contribution in [3.05, 3.63) is 82.8 Å². The number of β-amino-alcohol motifs (C(OH)–C–C–N with tert-alkyl or cyclic N) is 1. The van der Waals surface area contributed by atoms with Gasteiger partial charge in [0.25, 0.3) is 0 Å². The number of carbonyl (C=O) groups is 1. The van der Waals surface area contributed by atoms with Crippen molar-refractivity contribution in [1.82, 2.24) is 14.9 Å². The molecule has 0 aliphatic rings. The van der Waals surface area contributed by atoms with Gasteiger partial charge in [0.05, 0.1) is 11.7 Å². The number of aromatic carboxylic acids is 1. The molecule has 1 unspecified atom stereocenters. The molecule has 6 nitrogen and oxygen atoms in total. The minimum Gasteiger partial charge on any atom is -0.478 e. The van der Waals surface area contributed by atoms with Gasteiger partial charge in [-0.05, 0) is 70.0 Å². The molecule has 3 rings (SSSR count). The number of pyridine rings is 1. The average Bonchev–Trinajstić information content (AvgIpc) is 3.04. The smallest absolute Gasteiger partial charge is 0.335 e.